The highest BCUT2D eigenvalue weighted by molar-refractivity contribution is 7.14. The summed E-state index contributed by atoms with van der Waals surface area (Å²) in [7, 11) is 0. The second-order valence-corrected chi connectivity index (χ2v) is 6.20. The molecule has 0 radical (unpaired) electrons. The zero-order chi connectivity index (χ0) is 17.8. The Morgan fingerprint density at radius 2 is 1.92 bits per heavy atom. The van der Waals surface area contributed by atoms with Gasteiger partial charge in [-0.1, -0.05) is 36.4 Å². The minimum Gasteiger partial charge on any atom is -0.300 e. The summed E-state index contributed by atoms with van der Waals surface area (Å²) in [5.74, 6) is -0.273. The van der Waals surface area contributed by atoms with E-state index in [0.717, 1.165) is 11.3 Å². The molecule has 9 heteroatoms. The molecular formula is C17H13N7OS. The van der Waals surface area contributed by atoms with Crippen molar-refractivity contribution >= 4 is 22.4 Å². The Kier molecular flexibility index (Phi) is 4.44. The van der Waals surface area contributed by atoms with Crippen molar-refractivity contribution in [1.82, 2.24) is 30.2 Å². The molecule has 4 rings (SSSR count). The van der Waals surface area contributed by atoms with Crippen LogP contribution < -0.4 is 5.32 Å². The number of hydrogen-bond acceptors (Lipinski definition) is 7. The van der Waals surface area contributed by atoms with Crippen LogP contribution in [-0.2, 0) is 4.79 Å². The molecule has 8 nitrogen and oxygen atoms in total. The topological polar surface area (TPSA) is 98.5 Å². The molecule has 0 fully saturated rings. The van der Waals surface area contributed by atoms with Crippen molar-refractivity contribution in [2.45, 2.75) is 6.04 Å². The SMILES string of the molecule is O=C(Nc1nc(-c2ccccn2)cs1)C(c1ccccc1)n1cnnn1. The lowest BCUT2D eigenvalue weighted by Gasteiger charge is -2.15. The molecule has 3 aromatic heterocycles. The van der Waals surface area contributed by atoms with E-state index in [4.69, 9.17) is 0 Å². The zero-order valence-electron chi connectivity index (χ0n) is 13.4. The molecule has 3 heterocycles. The lowest BCUT2D eigenvalue weighted by Crippen LogP contribution is -2.27. The number of carbonyl (C=O) groups is 1. The molecule has 0 aliphatic carbocycles. The summed E-state index contributed by atoms with van der Waals surface area (Å²) in [6.07, 6.45) is 3.12. The maximum Gasteiger partial charge on any atom is 0.255 e. The fourth-order valence-electron chi connectivity index (χ4n) is 2.48. The first-order chi connectivity index (χ1) is 12.8. The summed E-state index contributed by atoms with van der Waals surface area (Å²) in [6.45, 7) is 0. The molecule has 1 amide bonds. The van der Waals surface area contributed by atoms with Crippen LogP contribution in [0.15, 0.2) is 66.4 Å². The largest absolute Gasteiger partial charge is 0.300 e. The monoisotopic (exact) mass is 363 g/mol. The molecule has 26 heavy (non-hydrogen) atoms. The maximum atomic E-state index is 12.9. The van der Waals surface area contributed by atoms with Gasteiger partial charge in [-0.2, -0.15) is 0 Å². The lowest BCUT2D eigenvalue weighted by molar-refractivity contribution is -0.118. The second kappa shape index (κ2) is 7.19. The quantitative estimate of drug-likeness (QED) is 0.585. The fraction of sp³-hybridized carbons (Fsp3) is 0.0588. The number of anilines is 1. The first-order valence-electron chi connectivity index (χ1n) is 7.76. The molecule has 0 spiro atoms. The van der Waals surface area contributed by atoms with Gasteiger partial charge in [0.2, 0.25) is 0 Å². The van der Waals surface area contributed by atoms with Gasteiger partial charge in [-0.25, -0.2) is 9.67 Å². The van der Waals surface area contributed by atoms with E-state index < -0.39 is 6.04 Å². The maximum absolute atomic E-state index is 12.9. The van der Waals surface area contributed by atoms with Crippen molar-refractivity contribution in [2.75, 3.05) is 5.32 Å². The molecule has 0 aliphatic heterocycles. The van der Waals surface area contributed by atoms with E-state index in [2.05, 4.69) is 30.8 Å². The van der Waals surface area contributed by atoms with Crippen LogP contribution in [0.3, 0.4) is 0 Å². The summed E-state index contributed by atoms with van der Waals surface area (Å²) >= 11 is 1.34. The standard InChI is InChI=1S/C17H13N7OS/c25-16(15(24-11-19-22-23-24)12-6-2-1-3-7-12)21-17-20-14(10-26-17)13-8-4-5-9-18-13/h1-11,15H,(H,20,21,25). The third-order valence-corrected chi connectivity index (χ3v) is 4.41. The predicted octanol–water partition coefficient (Wildman–Crippen LogP) is 2.42. The Hall–Kier alpha value is -3.46. The molecule has 1 unspecified atom stereocenters. The fourth-order valence-corrected chi connectivity index (χ4v) is 3.19. The molecule has 1 aromatic carbocycles. The number of aromatic nitrogens is 6. The van der Waals surface area contributed by atoms with E-state index in [-0.39, 0.29) is 5.91 Å². The van der Waals surface area contributed by atoms with Crippen LogP contribution in [0.1, 0.15) is 11.6 Å². The van der Waals surface area contributed by atoms with Crippen molar-refractivity contribution in [3.8, 4) is 11.4 Å². The van der Waals surface area contributed by atoms with Gasteiger partial charge in [-0.15, -0.1) is 16.4 Å². The zero-order valence-corrected chi connectivity index (χ0v) is 14.2. The summed E-state index contributed by atoms with van der Waals surface area (Å²) in [5, 5.41) is 16.3. The number of nitrogens with one attached hydrogen (secondary N) is 1. The van der Waals surface area contributed by atoms with E-state index >= 15 is 0 Å². The Balaban J connectivity index is 1.59. The van der Waals surface area contributed by atoms with E-state index in [1.165, 1.54) is 22.3 Å². The highest BCUT2D eigenvalue weighted by Gasteiger charge is 2.24. The third-order valence-electron chi connectivity index (χ3n) is 3.65. The van der Waals surface area contributed by atoms with Crippen LogP contribution >= 0.6 is 11.3 Å². The molecule has 0 bridgehead atoms. The smallest absolute Gasteiger partial charge is 0.255 e. The van der Waals surface area contributed by atoms with Crippen LogP contribution in [0.25, 0.3) is 11.4 Å². The summed E-state index contributed by atoms with van der Waals surface area (Å²) in [6, 6.07) is 14.2. The highest BCUT2D eigenvalue weighted by Crippen LogP contribution is 2.25. The van der Waals surface area contributed by atoms with Crippen molar-refractivity contribution < 1.29 is 4.79 Å². The number of tetrazole rings is 1. The molecular weight excluding hydrogens is 350 g/mol. The van der Waals surface area contributed by atoms with Gasteiger partial charge in [0.05, 0.1) is 5.69 Å². The van der Waals surface area contributed by atoms with Gasteiger partial charge >= 0.3 is 0 Å². The first kappa shape index (κ1) is 16.0. The van der Waals surface area contributed by atoms with Gasteiger partial charge in [-0.05, 0) is 28.1 Å². The average Bonchev–Trinajstić information content (AvgIpc) is 3.36. The summed E-state index contributed by atoms with van der Waals surface area (Å²) in [4.78, 5) is 21.6. The Labute approximate surface area is 152 Å². The minimum atomic E-state index is -0.687. The molecule has 1 atom stereocenters. The lowest BCUT2D eigenvalue weighted by atomic mass is 10.1. The van der Waals surface area contributed by atoms with Crippen molar-refractivity contribution in [2.24, 2.45) is 0 Å². The van der Waals surface area contributed by atoms with E-state index in [1.54, 1.807) is 6.20 Å². The summed E-state index contributed by atoms with van der Waals surface area (Å²) in [5.41, 5.74) is 2.24. The van der Waals surface area contributed by atoms with Crippen molar-refractivity contribution in [3.63, 3.8) is 0 Å². The van der Waals surface area contributed by atoms with Crippen LogP contribution in [-0.4, -0.2) is 36.1 Å². The Morgan fingerprint density at radius 1 is 1.08 bits per heavy atom. The second-order valence-electron chi connectivity index (χ2n) is 5.35. The number of pyridine rings is 1. The molecule has 1 N–H and O–H groups in total. The number of nitrogens with zero attached hydrogens (tertiary/aromatic N) is 6. The molecule has 0 saturated carbocycles. The number of thiazole rings is 1. The average molecular weight is 363 g/mol. The number of benzene rings is 1. The molecule has 128 valence electrons. The number of hydrogen-bond donors (Lipinski definition) is 1. The van der Waals surface area contributed by atoms with Gasteiger partial charge in [0, 0.05) is 11.6 Å². The third kappa shape index (κ3) is 3.33. The Morgan fingerprint density at radius 3 is 2.65 bits per heavy atom. The molecule has 0 saturated heterocycles. The number of rotatable bonds is 5. The van der Waals surface area contributed by atoms with Gasteiger partial charge in [0.25, 0.3) is 5.91 Å². The van der Waals surface area contributed by atoms with E-state index in [1.807, 2.05) is 53.9 Å². The predicted molar refractivity (Wildman–Crippen MR) is 96.4 cm³/mol. The van der Waals surface area contributed by atoms with Gasteiger partial charge in [-0.3, -0.25) is 15.1 Å². The van der Waals surface area contributed by atoms with E-state index in [0.29, 0.717) is 10.8 Å². The first-order valence-corrected chi connectivity index (χ1v) is 8.64. The Bertz CT molecular complexity index is 986. The van der Waals surface area contributed by atoms with E-state index in [9.17, 15) is 4.79 Å². The number of carbonyl (C=O) groups excluding carboxylic acids is 1. The van der Waals surface area contributed by atoms with Gasteiger partial charge in [0.15, 0.2) is 11.2 Å². The van der Waals surface area contributed by atoms with Crippen LogP contribution in [0, 0.1) is 0 Å². The number of amides is 1. The van der Waals surface area contributed by atoms with Crippen molar-refractivity contribution in [3.05, 3.63) is 72.0 Å². The van der Waals surface area contributed by atoms with Crippen LogP contribution in [0.5, 0.6) is 0 Å². The normalized spacial score (nSPS) is 11.8. The summed E-state index contributed by atoms with van der Waals surface area (Å²) < 4.78 is 1.41. The van der Waals surface area contributed by atoms with Crippen LogP contribution in [0.2, 0.25) is 0 Å². The van der Waals surface area contributed by atoms with Crippen molar-refractivity contribution in [1.29, 1.82) is 0 Å². The van der Waals surface area contributed by atoms with Gasteiger partial charge in [0.1, 0.15) is 12.0 Å². The van der Waals surface area contributed by atoms with Gasteiger partial charge < -0.3 is 0 Å². The highest BCUT2D eigenvalue weighted by atomic mass is 32.1. The molecule has 0 aliphatic rings. The minimum absolute atomic E-state index is 0.273. The molecule has 4 aromatic rings. The van der Waals surface area contributed by atoms with Crippen LogP contribution in [0.4, 0.5) is 5.13 Å².